The standard InChI is InChI=1S/C22H23NO5/c24-11-16-21(15-4-2-1-3-5-15)22(16)12-23(10-19(22)25)20(26)9-14-6-7-17-18(8-14)28-13-27-17/h1-8,16,19,21,24-25H,9-13H2/t16-,19+,21-,22-/m1/s1. The van der Waals surface area contributed by atoms with Crippen LogP contribution in [0.15, 0.2) is 48.5 Å². The number of carbonyl (C=O) groups excluding carboxylic acids is 1. The maximum absolute atomic E-state index is 12.9. The second-order valence-electron chi connectivity index (χ2n) is 7.94. The summed E-state index contributed by atoms with van der Waals surface area (Å²) in [5, 5.41) is 20.7. The molecule has 146 valence electrons. The van der Waals surface area contributed by atoms with Crippen LogP contribution >= 0.6 is 0 Å². The lowest BCUT2D eigenvalue weighted by Gasteiger charge is -2.17. The molecular formula is C22H23NO5. The van der Waals surface area contributed by atoms with E-state index in [1.165, 1.54) is 0 Å². The lowest BCUT2D eigenvalue weighted by atomic mass is 9.95. The van der Waals surface area contributed by atoms with E-state index in [1.807, 2.05) is 48.5 Å². The van der Waals surface area contributed by atoms with E-state index in [0.717, 1.165) is 11.1 Å². The van der Waals surface area contributed by atoms with E-state index in [9.17, 15) is 15.0 Å². The zero-order chi connectivity index (χ0) is 19.3. The van der Waals surface area contributed by atoms with Crippen LogP contribution in [0.5, 0.6) is 11.5 Å². The van der Waals surface area contributed by atoms with Crippen molar-refractivity contribution < 1.29 is 24.5 Å². The minimum atomic E-state index is -0.629. The number of amides is 1. The first kappa shape index (κ1) is 17.5. The third-order valence-corrected chi connectivity index (χ3v) is 6.54. The fourth-order valence-electron chi connectivity index (χ4n) is 5.10. The largest absolute Gasteiger partial charge is 0.454 e. The topological polar surface area (TPSA) is 79.2 Å². The van der Waals surface area contributed by atoms with Gasteiger partial charge in [0.1, 0.15) is 0 Å². The molecule has 2 aromatic rings. The molecule has 2 heterocycles. The highest BCUT2D eigenvalue weighted by molar-refractivity contribution is 5.79. The number of benzene rings is 2. The zero-order valence-electron chi connectivity index (χ0n) is 15.5. The summed E-state index contributed by atoms with van der Waals surface area (Å²) in [5.41, 5.74) is 1.53. The van der Waals surface area contributed by atoms with Gasteiger partial charge in [0.2, 0.25) is 12.7 Å². The van der Waals surface area contributed by atoms with Gasteiger partial charge in [-0.3, -0.25) is 4.79 Å². The minimum Gasteiger partial charge on any atom is -0.454 e. The second-order valence-corrected chi connectivity index (χ2v) is 7.94. The first-order valence-electron chi connectivity index (χ1n) is 9.63. The smallest absolute Gasteiger partial charge is 0.231 e. The van der Waals surface area contributed by atoms with Gasteiger partial charge in [0, 0.05) is 25.1 Å². The van der Waals surface area contributed by atoms with Gasteiger partial charge in [-0.2, -0.15) is 0 Å². The monoisotopic (exact) mass is 381 g/mol. The third kappa shape index (κ3) is 2.59. The second kappa shape index (κ2) is 6.50. The lowest BCUT2D eigenvalue weighted by molar-refractivity contribution is -0.129. The van der Waals surface area contributed by atoms with Gasteiger partial charge in [-0.1, -0.05) is 36.4 Å². The van der Waals surface area contributed by atoms with Crippen molar-refractivity contribution in [2.45, 2.75) is 18.4 Å². The fourth-order valence-corrected chi connectivity index (χ4v) is 5.10. The van der Waals surface area contributed by atoms with Crippen molar-refractivity contribution in [1.82, 2.24) is 4.90 Å². The Hall–Kier alpha value is -2.57. The van der Waals surface area contributed by atoms with Crippen LogP contribution in [0.3, 0.4) is 0 Å². The molecule has 0 bridgehead atoms. The molecule has 2 aliphatic heterocycles. The van der Waals surface area contributed by atoms with Gasteiger partial charge in [-0.05, 0) is 35.1 Å². The van der Waals surface area contributed by atoms with Crippen LogP contribution in [0.1, 0.15) is 17.0 Å². The van der Waals surface area contributed by atoms with Gasteiger partial charge >= 0.3 is 0 Å². The molecule has 28 heavy (non-hydrogen) atoms. The van der Waals surface area contributed by atoms with Crippen molar-refractivity contribution >= 4 is 5.91 Å². The zero-order valence-corrected chi connectivity index (χ0v) is 15.5. The van der Waals surface area contributed by atoms with E-state index in [-0.39, 0.29) is 37.6 Å². The molecule has 1 spiro atoms. The number of hydrogen-bond donors (Lipinski definition) is 2. The number of rotatable bonds is 4. The van der Waals surface area contributed by atoms with E-state index < -0.39 is 11.5 Å². The Morgan fingerprint density at radius 3 is 2.71 bits per heavy atom. The van der Waals surface area contributed by atoms with Crippen LogP contribution in [0.25, 0.3) is 0 Å². The van der Waals surface area contributed by atoms with Crippen molar-refractivity contribution in [3.63, 3.8) is 0 Å². The Morgan fingerprint density at radius 2 is 1.93 bits per heavy atom. The molecule has 5 rings (SSSR count). The van der Waals surface area contributed by atoms with E-state index in [2.05, 4.69) is 0 Å². The number of aliphatic hydroxyl groups excluding tert-OH is 2. The SMILES string of the molecule is O=C(Cc1ccc2c(c1)OCO2)N1C[C@H](O)[C@@]2(C1)[C@H](CO)[C@H]2c1ccccc1. The fraction of sp³-hybridized carbons (Fsp3) is 0.409. The number of nitrogens with zero attached hydrogens (tertiary/aromatic N) is 1. The number of hydrogen-bond acceptors (Lipinski definition) is 5. The summed E-state index contributed by atoms with van der Waals surface area (Å²) in [4.78, 5) is 14.6. The predicted molar refractivity (Wildman–Crippen MR) is 101 cm³/mol. The number of fused-ring (bicyclic) bond motifs is 1. The Bertz CT molecular complexity index is 901. The predicted octanol–water partition coefficient (Wildman–Crippen LogP) is 1.55. The highest BCUT2D eigenvalue weighted by Gasteiger charge is 2.71. The molecule has 1 saturated heterocycles. The van der Waals surface area contributed by atoms with Gasteiger partial charge < -0.3 is 24.6 Å². The van der Waals surface area contributed by atoms with Crippen molar-refractivity contribution in [3.8, 4) is 11.5 Å². The van der Waals surface area contributed by atoms with Gasteiger partial charge in [0.25, 0.3) is 0 Å². The molecule has 2 aromatic carbocycles. The number of carbonyl (C=O) groups is 1. The van der Waals surface area contributed by atoms with Gasteiger partial charge in [-0.15, -0.1) is 0 Å². The Labute approximate surface area is 163 Å². The van der Waals surface area contributed by atoms with E-state index >= 15 is 0 Å². The number of β-amino-alcohol motifs (C(OH)–C–C–N with tert-alkyl or cyclic N) is 1. The highest BCUT2D eigenvalue weighted by Crippen LogP contribution is 2.68. The van der Waals surface area contributed by atoms with Crippen molar-refractivity contribution in [2.24, 2.45) is 11.3 Å². The molecule has 1 saturated carbocycles. The third-order valence-electron chi connectivity index (χ3n) is 6.54. The molecule has 1 aliphatic carbocycles. The molecular weight excluding hydrogens is 358 g/mol. The average molecular weight is 381 g/mol. The van der Waals surface area contributed by atoms with Gasteiger partial charge in [0.05, 0.1) is 12.5 Å². The summed E-state index contributed by atoms with van der Waals surface area (Å²) in [5.74, 6) is 1.40. The van der Waals surface area contributed by atoms with Crippen molar-refractivity contribution in [1.29, 1.82) is 0 Å². The molecule has 0 unspecified atom stereocenters. The summed E-state index contributed by atoms with van der Waals surface area (Å²) in [7, 11) is 0. The molecule has 0 aromatic heterocycles. The Kier molecular flexibility index (Phi) is 4.07. The van der Waals surface area contributed by atoms with Crippen LogP contribution in [0.4, 0.5) is 0 Å². The first-order valence-corrected chi connectivity index (χ1v) is 9.63. The number of aliphatic hydroxyl groups is 2. The van der Waals surface area contributed by atoms with Crippen LogP contribution in [-0.4, -0.2) is 53.6 Å². The molecule has 6 heteroatoms. The molecule has 0 radical (unpaired) electrons. The summed E-state index contributed by atoms with van der Waals surface area (Å²) in [6.07, 6.45) is -0.380. The summed E-state index contributed by atoms with van der Waals surface area (Å²) < 4.78 is 10.7. The van der Waals surface area contributed by atoms with Gasteiger partial charge in [-0.25, -0.2) is 0 Å². The first-order chi connectivity index (χ1) is 13.6. The normalized spacial score (nSPS) is 30.1. The molecule has 6 nitrogen and oxygen atoms in total. The van der Waals surface area contributed by atoms with Crippen molar-refractivity contribution in [2.75, 3.05) is 26.5 Å². The average Bonchev–Trinajstić information content (AvgIpc) is 2.96. The van der Waals surface area contributed by atoms with Crippen LogP contribution in [-0.2, 0) is 11.2 Å². The summed E-state index contributed by atoms with van der Waals surface area (Å²) >= 11 is 0. The van der Waals surface area contributed by atoms with E-state index in [4.69, 9.17) is 9.47 Å². The van der Waals surface area contributed by atoms with Crippen LogP contribution < -0.4 is 9.47 Å². The van der Waals surface area contributed by atoms with Crippen LogP contribution in [0.2, 0.25) is 0 Å². The summed E-state index contributed by atoms with van der Waals surface area (Å²) in [6, 6.07) is 15.5. The minimum absolute atomic E-state index is 0.0147. The van der Waals surface area contributed by atoms with Crippen molar-refractivity contribution in [3.05, 3.63) is 59.7 Å². The highest BCUT2D eigenvalue weighted by atomic mass is 16.7. The Balaban J connectivity index is 1.32. The molecule has 2 fully saturated rings. The van der Waals surface area contributed by atoms with E-state index in [1.54, 1.807) is 4.90 Å². The molecule has 2 N–H and O–H groups in total. The Morgan fingerprint density at radius 1 is 1.14 bits per heavy atom. The number of likely N-dealkylation sites (tertiary alicyclic amines) is 1. The molecule has 1 amide bonds. The maximum atomic E-state index is 12.9. The van der Waals surface area contributed by atoms with E-state index in [0.29, 0.717) is 24.6 Å². The number of ether oxygens (including phenoxy) is 2. The molecule has 4 atom stereocenters. The summed E-state index contributed by atoms with van der Waals surface area (Å²) in [6.45, 7) is 1.00. The lowest BCUT2D eigenvalue weighted by Crippen LogP contribution is -2.31. The van der Waals surface area contributed by atoms with Crippen LogP contribution in [0, 0.1) is 11.3 Å². The quantitative estimate of drug-likeness (QED) is 0.840. The maximum Gasteiger partial charge on any atom is 0.231 e. The molecule has 3 aliphatic rings. The van der Waals surface area contributed by atoms with Gasteiger partial charge in [0.15, 0.2) is 11.5 Å².